The molecule has 0 aliphatic carbocycles. The first-order valence-corrected chi connectivity index (χ1v) is 16.5. The van der Waals surface area contributed by atoms with Gasteiger partial charge in [-0.2, -0.15) is 0 Å². The smallest absolute Gasteiger partial charge is 0.272 e. The zero-order chi connectivity index (χ0) is 34.8. The van der Waals surface area contributed by atoms with Crippen molar-refractivity contribution in [1.29, 1.82) is 0 Å². The van der Waals surface area contributed by atoms with E-state index in [1.807, 2.05) is 55.5 Å². The van der Waals surface area contributed by atoms with Crippen LogP contribution in [0.3, 0.4) is 0 Å². The largest absolute Gasteiger partial charge is 0.496 e. The second-order valence-corrected chi connectivity index (χ2v) is 12.2. The molecule has 9 nitrogen and oxygen atoms in total. The molecule has 0 heterocycles. The molecule has 250 valence electrons. The monoisotopic (exact) mass is 675 g/mol. The zero-order valence-electron chi connectivity index (χ0n) is 27.6. The van der Waals surface area contributed by atoms with E-state index >= 15 is 0 Å². The van der Waals surface area contributed by atoms with E-state index in [0.29, 0.717) is 40.5 Å². The highest BCUT2D eigenvalue weighted by Gasteiger charge is 2.20. The number of hydrogen-bond acceptors (Lipinski definition) is 7. The van der Waals surface area contributed by atoms with Gasteiger partial charge in [0.05, 0.1) is 26.6 Å². The number of benzene rings is 5. The summed E-state index contributed by atoms with van der Waals surface area (Å²) in [6, 6.07) is 32.9. The first-order valence-electron chi connectivity index (χ1n) is 15.6. The molecule has 1 atom stereocenters. The Morgan fingerprint density at radius 2 is 1.37 bits per heavy atom. The molecule has 5 rings (SSSR count). The van der Waals surface area contributed by atoms with Gasteiger partial charge in [-0.1, -0.05) is 61.5 Å². The molecular weight excluding hydrogens is 639 g/mol. The summed E-state index contributed by atoms with van der Waals surface area (Å²) < 4.78 is 16.4. The third kappa shape index (κ3) is 8.79. The Bertz CT molecular complexity index is 2000. The number of methoxy groups -OCH3 is 3. The van der Waals surface area contributed by atoms with Gasteiger partial charge >= 0.3 is 0 Å². The molecule has 5 aromatic carbocycles. The number of fused-ring (bicyclic) bond motifs is 1. The van der Waals surface area contributed by atoms with Gasteiger partial charge in [0, 0.05) is 33.5 Å². The molecule has 0 saturated carbocycles. The number of carbonyl (C=O) groups excluding carboxylic acids is 3. The number of amides is 3. The summed E-state index contributed by atoms with van der Waals surface area (Å²) in [7, 11) is 4.51. The van der Waals surface area contributed by atoms with Crippen LogP contribution in [0, 0.1) is 0 Å². The zero-order valence-corrected chi connectivity index (χ0v) is 28.4. The molecule has 1 unspecified atom stereocenters. The fraction of sp³-hybridized carbons (Fsp3) is 0.154. The van der Waals surface area contributed by atoms with Crippen LogP contribution in [0.4, 0.5) is 11.4 Å². The first-order chi connectivity index (χ1) is 23.8. The van der Waals surface area contributed by atoms with E-state index in [4.69, 9.17) is 14.2 Å². The van der Waals surface area contributed by atoms with Gasteiger partial charge < -0.3 is 30.2 Å². The van der Waals surface area contributed by atoms with Gasteiger partial charge in [0.2, 0.25) is 5.91 Å². The third-order valence-electron chi connectivity index (χ3n) is 7.62. The molecule has 0 aliphatic heterocycles. The summed E-state index contributed by atoms with van der Waals surface area (Å²) in [5.41, 5.74) is 2.04. The van der Waals surface area contributed by atoms with Crippen LogP contribution in [0.15, 0.2) is 120 Å². The van der Waals surface area contributed by atoms with Crippen molar-refractivity contribution in [3.05, 3.63) is 126 Å². The molecule has 3 N–H and O–H groups in total. The molecular formula is C39H37N3O6S. The maximum Gasteiger partial charge on any atom is 0.272 e. The van der Waals surface area contributed by atoms with Crippen LogP contribution in [-0.2, 0) is 9.59 Å². The maximum absolute atomic E-state index is 13.8. The number of rotatable bonds is 13. The topological polar surface area (TPSA) is 115 Å². The lowest BCUT2D eigenvalue weighted by molar-refractivity contribution is -0.116. The van der Waals surface area contributed by atoms with Crippen molar-refractivity contribution in [1.82, 2.24) is 5.32 Å². The van der Waals surface area contributed by atoms with E-state index in [0.717, 1.165) is 21.4 Å². The first kappa shape index (κ1) is 34.6. The van der Waals surface area contributed by atoms with Crippen molar-refractivity contribution in [2.24, 2.45) is 0 Å². The van der Waals surface area contributed by atoms with Crippen LogP contribution in [0.25, 0.3) is 16.8 Å². The number of nitrogens with one attached hydrogen (secondary N) is 3. The molecule has 0 radical (unpaired) electrons. The number of anilines is 2. The molecule has 5 aromatic rings. The predicted octanol–water partition coefficient (Wildman–Crippen LogP) is 7.78. The van der Waals surface area contributed by atoms with Crippen LogP contribution in [0.2, 0.25) is 0 Å². The predicted molar refractivity (Wildman–Crippen MR) is 196 cm³/mol. The minimum absolute atomic E-state index is 0.0290. The average Bonchev–Trinajstić information content (AvgIpc) is 3.13. The minimum atomic E-state index is -0.565. The summed E-state index contributed by atoms with van der Waals surface area (Å²) in [5, 5.41) is 10.4. The van der Waals surface area contributed by atoms with Crippen LogP contribution in [0.5, 0.6) is 17.2 Å². The van der Waals surface area contributed by atoms with Gasteiger partial charge in [-0.15, -0.1) is 11.8 Å². The number of hydrogen-bond donors (Lipinski definition) is 3. The van der Waals surface area contributed by atoms with Crippen LogP contribution >= 0.6 is 11.8 Å². The minimum Gasteiger partial charge on any atom is -0.496 e. The Morgan fingerprint density at radius 1 is 0.694 bits per heavy atom. The Morgan fingerprint density at radius 3 is 2.08 bits per heavy atom. The Kier molecular flexibility index (Phi) is 11.6. The fourth-order valence-electron chi connectivity index (χ4n) is 5.09. The van der Waals surface area contributed by atoms with Crippen LogP contribution in [-0.4, -0.2) is 44.3 Å². The second kappa shape index (κ2) is 16.4. The fourth-order valence-corrected chi connectivity index (χ4v) is 6.10. The van der Waals surface area contributed by atoms with Crippen molar-refractivity contribution < 1.29 is 28.6 Å². The summed E-state index contributed by atoms with van der Waals surface area (Å²) in [6.07, 6.45) is 2.10. The second-order valence-electron chi connectivity index (χ2n) is 10.9. The van der Waals surface area contributed by atoms with Crippen LogP contribution < -0.4 is 30.2 Å². The maximum atomic E-state index is 13.8. The summed E-state index contributed by atoms with van der Waals surface area (Å²) >= 11 is 1.40. The molecule has 49 heavy (non-hydrogen) atoms. The normalized spacial score (nSPS) is 11.7. The van der Waals surface area contributed by atoms with Crippen molar-refractivity contribution >= 4 is 57.7 Å². The highest BCUT2D eigenvalue weighted by molar-refractivity contribution is 8.00. The van der Waals surface area contributed by atoms with E-state index < -0.39 is 11.8 Å². The molecule has 3 amide bonds. The van der Waals surface area contributed by atoms with E-state index in [1.54, 1.807) is 60.7 Å². The van der Waals surface area contributed by atoms with E-state index in [9.17, 15) is 14.4 Å². The number of thioether (sulfide) groups is 1. The SMILES string of the molecule is CCC(Sc1cccc(NC(=O)/C(=C\c2cc(OC)c(OC)cc2OC)NC(=O)c2ccccc2)c1)C(=O)Nc1ccc2ccccc2c1. The third-order valence-corrected chi connectivity index (χ3v) is 8.97. The molecule has 0 spiro atoms. The number of ether oxygens (including phenoxy) is 3. The summed E-state index contributed by atoms with van der Waals surface area (Å²) in [4.78, 5) is 41.1. The quantitative estimate of drug-likeness (QED) is 0.0863. The van der Waals surface area contributed by atoms with Gasteiger partial charge in [-0.25, -0.2) is 0 Å². The molecule has 0 aromatic heterocycles. The molecule has 0 fully saturated rings. The lowest BCUT2D eigenvalue weighted by Gasteiger charge is -2.16. The molecule has 0 aliphatic rings. The van der Waals surface area contributed by atoms with Gasteiger partial charge in [-0.3, -0.25) is 14.4 Å². The standard InChI is InChI=1S/C39H37N3O6S/c1-5-36(39(45)41-30-19-18-25-12-9-10-15-27(25)20-30)49-31-17-11-16-29(23-31)40-38(44)32(42-37(43)26-13-7-6-8-14-26)21-28-22-34(47-3)35(48-4)24-33(28)46-2/h6-24,36H,5H2,1-4H3,(H,40,44)(H,41,45)(H,42,43)/b32-21+. The van der Waals surface area contributed by atoms with Crippen molar-refractivity contribution in [3.63, 3.8) is 0 Å². The Hall–Kier alpha value is -5.74. The highest BCUT2D eigenvalue weighted by Crippen LogP contribution is 2.36. The Labute approximate surface area is 289 Å². The lowest BCUT2D eigenvalue weighted by Crippen LogP contribution is -2.30. The number of carbonyl (C=O) groups is 3. The van der Waals surface area contributed by atoms with E-state index in [1.165, 1.54) is 39.2 Å². The van der Waals surface area contributed by atoms with Crippen LogP contribution in [0.1, 0.15) is 29.3 Å². The van der Waals surface area contributed by atoms with Crippen molar-refractivity contribution in [2.75, 3.05) is 32.0 Å². The van der Waals surface area contributed by atoms with Crippen molar-refractivity contribution in [3.8, 4) is 17.2 Å². The van der Waals surface area contributed by atoms with Crippen molar-refractivity contribution in [2.45, 2.75) is 23.5 Å². The van der Waals surface area contributed by atoms with Gasteiger partial charge in [0.25, 0.3) is 11.8 Å². The van der Waals surface area contributed by atoms with Gasteiger partial charge in [-0.05, 0) is 71.8 Å². The summed E-state index contributed by atoms with van der Waals surface area (Å²) in [6.45, 7) is 1.96. The van der Waals surface area contributed by atoms with Gasteiger partial charge in [0.15, 0.2) is 11.5 Å². The molecule has 0 saturated heterocycles. The lowest BCUT2D eigenvalue weighted by atomic mass is 10.1. The highest BCUT2D eigenvalue weighted by atomic mass is 32.2. The molecule has 10 heteroatoms. The van der Waals surface area contributed by atoms with Gasteiger partial charge in [0.1, 0.15) is 11.4 Å². The average molecular weight is 676 g/mol. The van der Waals surface area contributed by atoms with E-state index in [-0.39, 0.29) is 16.9 Å². The molecule has 0 bridgehead atoms. The van der Waals surface area contributed by atoms with E-state index in [2.05, 4.69) is 16.0 Å². The Balaban J connectivity index is 1.36. The summed E-state index contributed by atoms with van der Waals surface area (Å²) in [5.74, 6) is 0.126.